The number of carbonyl (C=O) groups excluding carboxylic acids is 2. The van der Waals surface area contributed by atoms with Gasteiger partial charge >= 0.3 is 5.97 Å². The maximum Gasteiger partial charge on any atom is 0.311 e. The number of anilines is 1. The summed E-state index contributed by atoms with van der Waals surface area (Å²) in [6.45, 7) is 5.63. The first-order valence-corrected chi connectivity index (χ1v) is 9.43. The van der Waals surface area contributed by atoms with Crippen molar-refractivity contribution in [3.63, 3.8) is 0 Å². The molecule has 2 aliphatic heterocycles. The molecule has 0 aromatic heterocycles. The predicted octanol–water partition coefficient (Wildman–Crippen LogP) is 2.47. The summed E-state index contributed by atoms with van der Waals surface area (Å²) in [7, 11) is 1.35. The van der Waals surface area contributed by atoms with E-state index in [0.29, 0.717) is 19.2 Å². The highest BCUT2D eigenvalue weighted by atomic mass is 16.5. The maximum atomic E-state index is 12.1. The smallest absolute Gasteiger partial charge is 0.311 e. The SMILES string of the molecule is COC(=O)[C@H]1CC(=O)N(c2ccc(OCCCN3CCC[C@@H]3C)cc2)C1. The van der Waals surface area contributed by atoms with Crippen LogP contribution in [0.4, 0.5) is 5.69 Å². The van der Waals surface area contributed by atoms with Crippen LogP contribution in [0.3, 0.4) is 0 Å². The van der Waals surface area contributed by atoms with Gasteiger partial charge in [-0.05, 0) is 57.0 Å². The Hall–Kier alpha value is -2.08. The predicted molar refractivity (Wildman–Crippen MR) is 99.3 cm³/mol. The Balaban J connectivity index is 1.46. The molecule has 1 amide bonds. The van der Waals surface area contributed by atoms with Gasteiger partial charge < -0.3 is 19.3 Å². The van der Waals surface area contributed by atoms with Gasteiger partial charge in [-0.15, -0.1) is 0 Å². The molecule has 0 radical (unpaired) electrons. The molecule has 0 unspecified atom stereocenters. The van der Waals surface area contributed by atoms with E-state index in [9.17, 15) is 9.59 Å². The second kappa shape index (κ2) is 8.54. The number of methoxy groups -OCH3 is 1. The number of likely N-dealkylation sites (tertiary alicyclic amines) is 1. The number of hydrogen-bond donors (Lipinski definition) is 0. The lowest BCUT2D eigenvalue weighted by atomic mass is 10.1. The van der Waals surface area contributed by atoms with Gasteiger partial charge in [0.2, 0.25) is 5.91 Å². The van der Waals surface area contributed by atoms with Crippen LogP contribution in [0.15, 0.2) is 24.3 Å². The Labute approximate surface area is 155 Å². The largest absolute Gasteiger partial charge is 0.494 e. The van der Waals surface area contributed by atoms with E-state index in [2.05, 4.69) is 11.8 Å². The number of nitrogens with zero attached hydrogens (tertiary/aromatic N) is 2. The molecule has 2 fully saturated rings. The third-order valence-electron chi connectivity index (χ3n) is 5.36. The summed E-state index contributed by atoms with van der Waals surface area (Å²) in [5.41, 5.74) is 0.791. The molecule has 3 rings (SSSR count). The number of esters is 1. The molecule has 0 bridgehead atoms. The number of amides is 1. The molecular formula is C20H28N2O4. The van der Waals surface area contributed by atoms with Crippen molar-refractivity contribution >= 4 is 17.6 Å². The van der Waals surface area contributed by atoms with Gasteiger partial charge in [0.15, 0.2) is 0 Å². The molecule has 1 aromatic rings. The highest BCUT2D eigenvalue weighted by Crippen LogP contribution is 2.27. The minimum absolute atomic E-state index is 0.0474. The average molecular weight is 360 g/mol. The number of ether oxygens (including phenoxy) is 2. The molecule has 2 heterocycles. The highest BCUT2D eigenvalue weighted by Gasteiger charge is 2.35. The molecule has 142 valence electrons. The van der Waals surface area contributed by atoms with Crippen LogP contribution in [0.2, 0.25) is 0 Å². The van der Waals surface area contributed by atoms with Gasteiger partial charge in [-0.25, -0.2) is 0 Å². The van der Waals surface area contributed by atoms with Crippen LogP contribution in [0.25, 0.3) is 0 Å². The van der Waals surface area contributed by atoms with Crippen LogP contribution in [-0.2, 0) is 14.3 Å². The average Bonchev–Trinajstić information content (AvgIpc) is 3.24. The first kappa shape index (κ1) is 18.7. The number of benzene rings is 1. The first-order valence-electron chi connectivity index (χ1n) is 9.43. The monoisotopic (exact) mass is 360 g/mol. The van der Waals surface area contributed by atoms with Gasteiger partial charge in [0.25, 0.3) is 0 Å². The van der Waals surface area contributed by atoms with Crippen LogP contribution < -0.4 is 9.64 Å². The highest BCUT2D eigenvalue weighted by molar-refractivity contribution is 5.99. The zero-order valence-corrected chi connectivity index (χ0v) is 15.6. The molecule has 6 nitrogen and oxygen atoms in total. The van der Waals surface area contributed by atoms with E-state index >= 15 is 0 Å². The molecule has 0 aliphatic carbocycles. The Morgan fingerprint density at radius 2 is 2.04 bits per heavy atom. The summed E-state index contributed by atoms with van der Waals surface area (Å²) in [4.78, 5) is 27.9. The number of hydrogen-bond acceptors (Lipinski definition) is 5. The quantitative estimate of drug-likeness (QED) is 0.552. The van der Waals surface area contributed by atoms with Crippen molar-refractivity contribution in [2.24, 2.45) is 5.92 Å². The van der Waals surface area contributed by atoms with E-state index in [-0.39, 0.29) is 24.2 Å². The second-order valence-corrected chi connectivity index (χ2v) is 7.15. The molecule has 0 saturated carbocycles. The van der Waals surface area contributed by atoms with Crippen molar-refractivity contribution in [2.45, 2.75) is 38.6 Å². The van der Waals surface area contributed by atoms with E-state index in [1.807, 2.05) is 24.3 Å². The maximum absolute atomic E-state index is 12.1. The molecule has 6 heteroatoms. The third kappa shape index (κ3) is 4.36. The fourth-order valence-electron chi connectivity index (χ4n) is 3.79. The summed E-state index contributed by atoms with van der Waals surface area (Å²) in [6.07, 6.45) is 3.82. The lowest BCUT2D eigenvalue weighted by Gasteiger charge is -2.20. The molecule has 2 aliphatic rings. The van der Waals surface area contributed by atoms with Gasteiger partial charge in [-0.1, -0.05) is 0 Å². The fraction of sp³-hybridized carbons (Fsp3) is 0.600. The van der Waals surface area contributed by atoms with Crippen LogP contribution >= 0.6 is 0 Å². The Morgan fingerprint density at radius 3 is 2.69 bits per heavy atom. The van der Waals surface area contributed by atoms with Crippen molar-refractivity contribution in [3.05, 3.63) is 24.3 Å². The van der Waals surface area contributed by atoms with Gasteiger partial charge in [0, 0.05) is 31.2 Å². The molecule has 1 aromatic carbocycles. The van der Waals surface area contributed by atoms with Crippen molar-refractivity contribution in [3.8, 4) is 5.75 Å². The van der Waals surface area contributed by atoms with E-state index in [0.717, 1.165) is 24.4 Å². The zero-order chi connectivity index (χ0) is 18.5. The molecular weight excluding hydrogens is 332 g/mol. The first-order chi connectivity index (χ1) is 12.6. The van der Waals surface area contributed by atoms with Crippen molar-refractivity contribution in [1.82, 2.24) is 4.90 Å². The number of carbonyl (C=O) groups is 2. The van der Waals surface area contributed by atoms with Crippen LogP contribution in [-0.4, -0.2) is 56.2 Å². The second-order valence-electron chi connectivity index (χ2n) is 7.15. The van der Waals surface area contributed by atoms with Gasteiger partial charge in [-0.3, -0.25) is 9.59 Å². The molecule has 0 spiro atoms. The van der Waals surface area contributed by atoms with Gasteiger partial charge in [-0.2, -0.15) is 0 Å². The minimum Gasteiger partial charge on any atom is -0.494 e. The molecule has 0 N–H and O–H groups in total. The number of rotatable bonds is 7. The van der Waals surface area contributed by atoms with Gasteiger partial charge in [0.1, 0.15) is 5.75 Å². The summed E-state index contributed by atoms with van der Waals surface area (Å²) >= 11 is 0. The Bertz CT molecular complexity index is 631. The zero-order valence-electron chi connectivity index (χ0n) is 15.6. The fourth-order valence-corrected chi connectivity index (χ4v) is 3.79. The molecule has 2 atom stereocenters. The van der Waals surface area contributed by atoms with Crippen LogP contribution in [0, 0.1) is 5.92 Å². The van der Waals surface area contributed by atoms with Crippen molar-refractivity contribution in [1.29, 1.82) is 0 Å². The van der Waals surface area contributed by atoms with E-state index in [1.54, 1.807) is 4.90 Å². The lowest BCUT2D eigenvalue weighted by molar-refractivity contribution is -0.145. The lowest BCUT2D eigenvalue weighted by Crippen LogP contribution is -2.28. The van der Waals surface area contributed by atoms with Crippen LogP contribution in [0.5, 0.6) is 5.75 Å². The Morgan fingerprint density at radius 1 is 1.27 bits per heavy atom. The van der Waals surface area contributed by atoms with E-state index in [1.165, 1.54) is 26.5 Å². The summed E-state index contributed by atoms with van der Waals surface area (Å²) in [6, 6.07) is 8.20. The summed E-state index contributed by atoms with van der Waals surface area (Å²) < 4.78 is 10.6. The van der Waals surface area contributed by atoms with E-state index < -0.39 is 0 Å². The topological polar surface area (TPSA) is 59.1 Å². The van der Waals surface area contributed by atoms with Crippen LogP contribution in [0.1, 0.15) is 32.6 Å². The molecule has 26 heavy (non-hydrogen) atoms. The summed E-state index contributed by atoms with van der Waals surface area (Å²) in [5, 5.41) is 0. The van der Waals surface area contributed by atoms with Gasteiger partial charge in [0.05, 0.1) is 19.6 Å². The molecule has 2 saturated heterocycles. The standard InChI is InChI=1S/C20H28N2O4/c1-15-5-3-10-21(15)11-4-12-26-18-8-6-17(7-9-18)22-14-16(13-19(22)23)20(24)25-2/h6-9,15-16H,3-5,10-14H2,1-2H3/t15-,16-/m0/s1. The normalized spacial score (nSPS) is 23.5. The van der Waals surface area contributed by atoms with Crippen molar-refractivity contribution < 1.29 is 19.1 Å². The minimum atomic E-state index is -0.378. The third-order valence-corrected chi connectivity index (χ3v) is 5.36. The summed E-state index contributed by atoms with van der Waals surface area (Å²) in [5.74, 6) is 0.0534. The van der Waals surface area contributed by atoms with E-state index in [4.69, 9.17) is 9.47 Å². The Kier molecular flexibility index (Phi) is 6.14. The van der Waals surface area contributed by atoms with Crippen molar-refractivity contribution in [2.75, 3.05) is 38.3 Å².